The maximum absolute atomic E-state index is 6.02. The van der Waals surface area contributed by atoms with Crippen molar-refractivity contribution in [1.29, 1.82) is 0 Å². The van der Waals surface area contributed by atoms with Crippen molar-refractivity contribution >= 4 is 11.8 Å². The summed E-state index contributed by atoms with van der Waals surface area (Å²) in [6, 6.07) is 17.8. The van der Waals surface area contributed by atoms with E-state index in [1.807, 2.05) is 61.5 Å². The van der Waals surface area contributed by atoms with Gasteiger partial charge in [-0.2, -0.15) is 4.68 Å². The predicted octanol–water partition coefficient (Wildman–Crippen LogP) is 2.83. The molecule has 3 rings (SSSR count). The zero-order valence-corrected chi connectivity index (χ0v) is 12.4. The molecule has 1 atom stereocenters. The highest BCUT2D eigenvalue weighted by molar-refractivity contribution is 7.99. The molecule has 6 heteroatoms. The van der Waals surface area contributed by atoms with Gasteiger partial charge in [0.05, 0.1) is 5.69 Å². The van der Waals surface area contributed by atoms with Crippen molar-refractivity contribution in [2.75, 3.05) is 0 Å². The summed E-state index contributed by atoms with van der Waals surface area (Å²) in [5, 5.41) is 12.7. The number of hydrogen-bond donors (Lipinski definition) is 1. The van der Waals surface area contributed by atoms with Gasteiger partial charge in [0, 0.05) is 10.9 Å². The number of hydrogen-bond acceptors (Lipinski definition) is 5. The lowest BCUT2D eigenvalue weighted by molar-refractivity contribution is 0.755. The molecule has 106 valence electrons. The number of rotatable bonds is 4. The fraction of sp³-hybridized carbons (Fsp3) is 0.133. The Balaban J connectivity index is 1.96. The summed E-state index contributed by atoms with van der Waals surface area (Å²) in [5.74, 6) is 0. The van der Waals surface area contributed by atoms with Crippen LogP contribution in [0, 0.1) is 0 Å². The van der Waals surface area contributed by atoms with E-state index in [1.54, 1.807) is 4.68 Å². The van der Waals surface area contributed by atoms with Gasteiger partial charge in [-0.15, -0.1) is 5.10 Å². The Morgan fingerprint density at radius 3 is 2.52 bits per heavy atom. The van der Waals surface area contributed by atoms with E-state index >= 15 is 0 Å². The van der Waals surface area contributed by atoms with Crippen LogP contribution in [-0.4, -0.2) is 20.2 Å². The molecule has 2 aromatic carbocycles. The van der Waals surface area contributed by atoms with E-state index in [4.69, 9.17) is 5.73 Å². The van der Waals surface area contributed by atoms with Gasteiger partial charge < -0.3 is 5.73 Å². The number of nitrogens with two attached hydrogens (primary N) is 1. The normalized spacial score (nSPS) is 12.3. The highest BCUT2D eigenvalue weighted by atomic mass is 32.2. The van der Waals surface area contributed by atoms with E-state index in [9.17, 15) is 0 Å². The summed E-state index contributed by atoms with van der Waals surface area (Å²) in [5.41, 5.74) is 8.04. The molecule has 0 aliphatic carbocycles. The van der Waals surface area contributed by atoms with Crippen molar-refractivity contribution in [2.24, 2.45) is 5.73 Å². The fourth-order valence-electron chi connectivity index (χ4n) is 2.02. The first-order valence-corrected chi connectivity index (χ1v) is 7.43. The van der Waals surface area contributed by atoms with Gasteiger partial charge >= 0.3 is 0 Å². The molecule has 0 radical (unpaired) electrons. The third-order valence-corrected chi connectivity index (χ3v) is 4.08. The lowest BCUT2D eigenvalue weighted by atomic mass is 10.1. The van der Waals surface area contributed by atoms with Crippen LogP contribution < -0.4 is 5.73 Å². The van der Waals surface area contributed by atoms with Crippen molar-refractivity contribution in [3.8, 4) is 5.69 Å². The van der Waals surface area contributed by atoms with Crippen molar-refractivity contribution in [3.63, 3.8) is 0 Å². The van der Waals surface area contributed by atoms with Crippen LogP contribution in [0.15, 0.2) is 64.6 Å². The smallest absolute Gasteiger partial charge is 0.218 e. The fourth-order valence-corrected chi connectivity index (χ4v) is 3.04. The van der Waals surface area contributed by atoms with Gasteiger partial charge in [0.15, 0.2) is 0 Å². The van der Waals surface area contributed by atoms with Crippen molar-refractivity contribution in [2.45, 2.75) is 23.0 Å². The molecule has 0 amide bonds. The van der Waals surface area contributed by atoms with Crippen molar-refractivity contribution in [1.82, 2.24) is 20.2 Å². The zero-order chi connectivity index (χ0) is 14.7. The Morgan fingerprint density at radius 2 is 1.76 bits per heavy atom. The highest BCUT2D eigenvalue weighted by Gasteiger charge is 2.13. The van der Waals surface area contributed by atoms with E-state index in [2.05, 4.69) is 15.5 Å². The number of aromatic nitrogens is 4. The maximum atomic E-state index is 6.02. The second kappa shape index (κ2) is 6.07. The van der Waals surface area contributed by atoms with Crippen molar-refractivity contribution < 1.29 is 0 Å². The van der Waals surface area contributed by atoms with Crippen LogP contribution in [-0.2, 0) is 0 Å². The standard InChI is InChI=1S/C15H15N5S/c1-11(16)13-9-5-6-10-14(13)21-15-17-18-19-20(15)12-7-3-2-4-8-12/h2-11H,16H2,1H3/t11-/m1/s1. The molecule has 0 aliphatic heterocycles. The minimum atomic E-state index is -0.0326. The number of benzene rings is 2. The molecular formula is C15H15N5S. The topological polar surface area (TPSA) is 69.6 Å². The van der Waals surface area contributed by atoms with Gasteiger partial charge in [0.25, 0.3) is 0 Å². The maximum Gasteiger partial charge on any atom is 0.218 e. The van der Waals surface area contributed by atoms with E-state index in [0.717, 1.165) is 16.1 Å². The molecule has 3 aromatic rings. The number of para-hydroxylation sites is 1. The second-order valence-corrected chi connectivity index (χ2v) is 5.65. The summed E-state index contributed by atoms with van der Waals surface area (Å²) >= 11 is 1.52. The molecule has 1 heterocycles. The third-order valence-electron chi connectivity index (χ3n) is 3.05. The Labute approximate surface area is 127 Å². The zero-order valence-electron chi connectivity index (χ0n) is 11.5. The lowest BCUT2D eigenvalue weighted by Crippen LogP contribution is -2.06. The lowest BCUT2D eigenvalue weighted by Gasteiger charge is -2.11. The Hall–Kier alpha value is -2.18. The van der Waals surface area contributed by atoms with Crippen molar-refractivity contribution in [3.05, 3.63) is 60.2 Å². The molecule has 2 N–H and O–H groups in total. The molecule has 0 aliphatic rings. The Kier molecular flexibility index (Phi) is 3.98. The summed E-state index contributed by atoms with van der Waals surface area (Å²) in [4.78, 5) is 1.07. The molecule has 21 heavy (non-hydrogen) atoms. The second-order valence-electron chi connectivity index (χ2n) is 4.64. The molecule has 0 unspecified atom stereocenters. The van der Waals surface area contributed by atoms with Gasteiger partial charge in [-0.25, -0.2) is 0 Å². The van der Waals surface area contributed by atoms with Crippen LogP contribution >= 0.6 is 11.8 Å². The number of nitrogens with zero attached hydrogens (tertiary/aromatic N) is 4. The van der Waals surface area contributed by atoms with Crippen LogP contribution in [0.3, 0.4) is 0 Å². The van der Waals surface area contributed by atoms with Crippen LogP contribution in [0.5, 0.6) is 0 Å². The monoisotopic (exact) mass is 297 g/mol. The molecule has 0 fully saturated rings. The molecular weight excluding hydrogens is 282 g/mol. The summed E-state index contributed by atoms with van der Waals surface area (Å²) in [6.07, 6.45) is 0. The third kappa shape index (κ3) is 2.96. The molecule has 0 bridgehead atoms. The van der Waals surface area contributed by atoms with E-state index in [-0.39, 0.29) is 6.04 Å². The molecule has 0 saturated carbocycles. The summed E-state index contributed by atoms with van der Waals surface area (Å²) < 4.78 is 1.72. The molecule has 0 spiro atoms. The molecule has 5 nitrogen and oxygen atoms in total. The van der Waals surface area contributed by atoms with Crippen LogP contribution in [0.25, 0.3) is 5.69 Å². The predicted molar refractivity (Wildman–Crippen MR) is 82.3 cm³/mol. The first kappa shape index (κ1) is 13.8. The van der Waals surface area contributed by atoms with Gasteiger partial charge in [-0.05, 0) is 52.9 Å². The van der Waals surface area contributed by atoms with Gasteiger partial charge in [0.1, 0.15) is 0 Å². The quantitative estimate of drug-likeness (QED) is 0.802. The van der Waals surface area contributed by atoms with E-state index in [1.165, 1.54) is 11.8 Å². The first-order valence-electron chi connectivity index (χ1n) is 6.62. The Morgan fingerprint density at radius 1 is 1.05 bits per heavy atom. The van der Waals surface area contributed by atoms with Crippen LogP contribution in [0.1, 0.15) is 18.5 Å². The van der Waals surface area contributed by atoms with Crippen LogP contribution in [0.4, 0.5) is 0 Å². The minimum absolute atomic E-state index is 0.0326. The Bertz CT molecular complexity index is 724. The SMILES string of the molecule is C[C@@H](N)c1ccccc1Sc1nnnn1-c1ccccc1. The average Bonchev–Trinajstić information content (AvgIpc) is 2.96. The van der Waals surface area contributed by atoms with E-state index in [0.29, 0.717) is 5.16 Å². The average molecular weight is 297 g/mol. The summed E-state index contributed by atoms with van der Waals surface area (Å²) in [6.45, 7) is 1.97. The minimum Gasteiger partial charge on any atom is -0.324 e. The summed E-state index contributed by atoms with van der Waals surface area (Å²) in [7, 11) is 0. The molecule has 0 saturated heterocycles. The molecule has 1 aromatic heterocycles. The van der Waals surface area contributed by atoms with E-state index < -0.39 is 0 Å². The first-order chi connectivity index (χ1) is 10.3. The van der Waals surface area contributed by atoms with Gasteiger partial charge in [-0.3, -0.25) is 0 Å². The van der Waals surface area contributed by atoms with Gasteiger partial charge in [-0.1, -0.05) is 36.4 Å². The largest absolute Gasteiger partial charge is 0.324 e. The van der Waals surface area contributed by atoms with Gasteiger partial charge in [0.2, 0.25) is 5.16 Å². The number of tetrazole rings is 1. The van der Waals surface area contributed by atoms with Crippen LogP contribution in [0.2, 0.25) is 0 Å². The highest BCUT2D eigenvalue weighted by Crippen LogP contribution is 2.31.